The Labute approximate surface area is 94.9 Å². The lowest BCUT2D eigenvalue weighted by atomic mass is 10.2. The minimum atomic E-state index is -0.235. The Bertz CT molecular complexity index is 374. The van der Waals surface area contributed by atoms with Crippen LogP contribution in [0.15, 0.2) is 24.4 Å². The molecule has 0 amide bonds. The fraction of sp³-hybridized carbons (Fsp3) is 0.333. The second-order valence-electron chi connectivity index (χ2n) is 3.01. The van der Waals surface area contributed by atoms with Crippen LogP contribution in [0.2, 0.25) is 0 Å². The molecule has 0 saturated heterocycles. The number of aromatic nitrogens is 1. The maximum Gasteiger partial charge on any atom is 0.309 e. The predicted molar refractivity (Wildman–Crippen MR) is 61.1 cm³/mol. The van der Waals surface area contributed by atoms with Gasteiger partial charge in [-0.1, -0.05) is 12.2 Å². The minimum Gasteiger partial charge on any atom is -0.481 e. The fourth-order valence-corrected chi connectivity index (χ4v) is 1.20. The second kappa shape index (κ2) is 6.61. The molecular formula is C12H15NO3. The van der Waals surface area contributed by atoms with Crippen molar-refractivity contribution in [2.45, 2.75) is 13.3 Å². The molecule has 0 atom stereocenters. The molecule has 4 heteroatoms. The Morgan fingerprint density at radius 1 is 1.56 bits per heavy atom. The van der Waals surface area contributed by atoms with E-state index >= 15 is 0 Å². The van der Waals surface area contributed by atoms with E-state index < -0.39 is 0 Å². The molecule has 0 fully saturated rings. The molecule has 0 saturated carbocycles. The number of esters is 1. The highest BCUT2D eigenvalue weighted by Gasteiger charge is 2.00. The molecule has 1 heterocycles. The summed E-state index contributed by atoms with van der Waals surface area (Å²) >= 11 is 0. The summed E-state index contributed by atoms with van der Waals surface area (Å²) < 4.78 is 9.87. The van der Waals surface area contributed by atoms with Gasteiger partial charge in [0.05, 0.1) is 20.1 Å². The van der Waals surface area contributed by atoms with Crippen LogP contribution in [-0.4, -0.2) is 24.7 Å². The van der Waals surface area contributed by atoms with Crippen LogP contribution in [-0.2, 0) is 9.53 Å². The predicted octanol–water partition coefficient (Wildman–Crippen LogP) is 2.06. The standard InChI is InChI=1S/C12H15NO3/c1-3-16-11(14)8-4-6-10-7-5-9-13-12(10)15-2/h4-7,9H,3,8H2,1-2H3. The average molecular weight is 221 g/mol. The first-order valence-corrected chi connectivity index (χ1v) is 5.09. The maximum atomic E-state index is 11.1. The van der Waals surface area contributed by atoms with Gasteiger partial charge >= 0.3 is 5.97 Å². The summed E-state index contributed by atoms with van der Waals surface area (Å²) in [6.45, 7) is 2.19. The average Bonchev–Trinajstić information content (AvgIpc) is 2.30. The molecule has 1 aromatic rings. The van der Waals surface area contributed by atoms with Crippen LogP contribution in [0.1, 0.15) is 18.9 Å². The number of ether oxygens (including phenoxy) is 2. The van der Waals surface area contributed by atoms with Gasteiger partial charge in [0, 0.05) is 11.8 Å². The number of rotatable bonds is 5. The van der Waals surface area contributed by atoms with E-state index in [9.17, 15) is 4.79 Å². The van der Waals surface area contributed by atoms with Gasteiger partial charge in [0.2, 0.25) is 5.88 Å². The smallest absolute Gasteiger partial charge is 0.309 e. The molecule has 16 heavy (non-hydrogen) atoms. The van der Waals surface area contributed by atoms with Crippen molar-refractivity contribution in [2.75, 3.05) is 13.7 Å². The number of carbonyl (C=O) groups excluding carboxylic acids is 1. The molecule has 1 aromatic heterocycles. The molecule has 0 radical (unpaired) electrons. The molecule has 0 spiro atoms. The monoisotopic (exact) mass is 221 g/mol. The Balaban J connectivity index is 2.58. The molecule has 0 aliphatic rings. The number of hydrogen-bond acceptors (Lipinski definition) is 4. The first kappa shape index (κ1) is 12.2. The van der Waals surface area contributed by atoms with E-state index in [0.717, 1.165) is 5.56 Å². The zero-order valence-corrected chi connectivity index (χ0v) is 9.47. The third-order valence-corrected chi connectivity index (χ3v) is 1.88. The summed E-state index contributed by atoms with van der Waals surface area (Å²) in [5.41, 5.74) is 0.842. The Kier molecular flexibility index (Phi) is 5.05. The van der Waals surface area contributed by atoms with E-state index in [0.29, 0.717) is 12.5 Å². The van der Waals surface area contributed by atoms with E-state index in [1.807, 2.05) is 12.1 Å². The number of hydrogen-bond donors (Lipinski definition) is 0. The van der Waals surface area contributed by atoms with Crippen molar-refractivity contribution in [1.82, 2.24) is 4.98 Å². The van der Waals surface area contributed by atoms with Crippen LogP contribution in [0.5, 0.6) is 5.88 Å². The number of methoxy groups -OCH3 is 1. The third kappa shape index (κ3) is 3.73. The number of nitrogens with zero attached hydrogens (tertiary/aromatic N) is 1. The van der Waals surface area contributed by atoms with Gasteiger partial charge < -0.3 is 9.47 Å². The van der Waals surface area contributed by atoms with E-state index in [2.05, 4.69) is 4.98 Å². The SMILES string of the molecule is CCOC(=O)CC=Cc1cccnc1OC. The van der Waals surface area contributed by atoms with Crippen LogP contribution in [0.25, 0.3) is 6.08 Å². The zero-order chi connectivity index (χ0) is 11.8. The lowest BCUT2D eigenvalue weighted by Gasteiger charge is -2.01. The largest absolute Gasteiger partial charge is 0.481 e. The Morgan fingerprint density at radius 2 is 2.38 bits per heavy atom. The lowest BCUT2D eigenvalue weighted by Crippen LogP contribution is -2.01. The quantitative estimate of drug-likeness (QED) is 0.714. The molecule has 0 unspecified atom stereocenters. The Morgan fingerprint density at radius 3 is 3.06 bits per heavy atom. The summed E-state index contributed by atoms with van der Waals surface area (Å²) in [6.07, 6.45) is 5.44. The lowest BCUT2D eigenvalue weighted by molar-refractivity contribution is -0.142. The van der Waals surface area contributed by atoms with E-state index in [1.165, 1.54) is 0 Å². The van der Waals surface area contributed by atoms with Crippen molar-refractivity contribution in [2.24, 2.45) is 0 Å². The highest BCUT2D eigenvalue weighted by molar-refractivity contribution is 5.72. The van der Waals surface area contributed by atoms with Gasteiger partial charge in [-0.25, -0.2) is 4.98 Å². The summed E-state index contributed by atoms with van der Waals surface area (Å²) in [6, 6.07) is 3.68. The van der Waals surface area contributed by atoms with Crippen molar-refractivity contribution >= 4 is 12.0 Å². The number of pyridine rings is 1. The summed E-state index contributed by atoms with van der Waals surface area (Å²) in [5.74, 6) is 0.309. The third-order valence-electron chi connectivity index (χ3n) is 1.88. The molecule has 0 aliphatic carbocycles. The van der Waals surface area contributed by atoms with Gasteiger partial charge in [-0.2, -0.15) is 0 Å². The van der Waals surface area contributed by atoms with E-state index in [-0.39, 0.29) is 12.4 Å². The first-order chi connectivity index (χ1) is 7.77. The van der Waals surface area contributed by atoms with Crippen molar-refractivity contribution in [3.8, 4) is 5.88 Å². The van der Waals surface area contributed by atoms with Crippen LogP contribution in [0, 0.1) is 0 Å². The maximum absolute atomic E-state index is 11.1. The molecule has 0 N–H and O–H groups in total. The van der Waals surface area contributed by atoms with Gasteiger partial charge in [0.15, 0.2) is 0 Å². The number of carbonyl (C=O) groups is 1. The van der Waals surface area contributed by atoms with E-state index in [4.69, 9.17) is 9.47 Å². The van der Waals surface area contributed by atoms with Crippen LogP contribution >= 0.6 is 0 Å². The summed E-state index contributed by atoms with van der Waals surface area (Å²) in [5, 5.41) is 0. The van der Waals surface area contributed by atoms with E-state index in [1.54, 1.807) is 32.4 Å². The van der Waals surface area contributed by atoms with Gasteiger partial charge in [0.1, 0.15) is 0 Å². The first-order valence-electron chi connectivity index (χ1n) is 5.09. The topological polar surface area (TPSA) is 48.4 Å². The Hall–Kier alpha value is -1.84. The molecule has 1 rings (SSSR count). The van der Waals surface area contributed by atoms with Gasteiger partial charge in [-0.3, -0.25) is 4.79 Å². The molecule has 4 nitrogen and oxygen atoms in total. The van der Waals surface area contributed by atoms with Crippen molar-refractivity contribution in [3.05, 3.63) is 30.0 Å². The van der Waals surface area contributed by atoms with Crippen molar-refractivity contribution in [3.63, 3.8) is 0 Å². The van der Waals surface area contributed by atoms with Gasteiger partial charge in [-0.15, -0.1) is 0 Å². The molecule has 86 valence electrons. The van der Waals surface area contributed by atoms with Crippen LogP contribution in [0.4, 0.5) is 0 Å². The molecule has 0 aromatic carbocycles. The van der Waals surface area contributed by atoms with Crippen LogP contribution in [0.3, 0.4) is 0 Å². The second-order valence-corrected chi connectivity index (χ2v) is 3.01. The highest BCUT2D eigenvalue weighted by Crippen LogP contribution is 2.15. The van der Waals surface area contributed by atoms with Crippen molar-refractivity contribution < 1.29 is 14.3 Å². The normalized spacial score (nSPS) is 10.4. The van der Waals surface area contributed by atoms with Gasteiger partial charge in [0.25, 0.3) is 0 Å². The van der Waals surface area contributed by atoms with Gasteiger partial charge in [-0.05, 0) is 19.1 Å². The zero-order valence-electron chi connectivity index (χ0n) is 9.47. The van der Waals surface area contributed by atoms with Crippen molar-refractivity contribution in [1.29, 1.82) is 0 Å². The van der Waals surface area contributed by atoms with Crippen LogP contribution < -0.4 is 4.74 Å². The molecular weight excluding hydrogens is 206 g/mol. The molecule has 0 aliphatic heterocycles. The fourth-order valence-electron chi connectivity index (χ4n) is 1.20. The molecule has 0 bridgehead atoms. The minimum absolute atomic E-state index is 0.235. The summed E-state index contributed by atoms with van der Waals surface area (Å²) in [7, 11) is 1.56. The summed E-state index contributed by atoms with van der Waals surface area (Å²) in [4.78, 5) is 15.1. The highest BCUT2D eigenvalue weighted by atomic mass is 16.5.